The first-order valence-electron chi connectivity index (χ1n) is 8.16. The van der Waals surface area contributed by atoms with Gasteiger partial charge in [-0.3, -0.25) is 4.79 Å². The van der Waals surface area contributed by atoms with Gasteiger partial charge in [0.25, 0.3) is 0 Å². The number of rotatable bonds is 12. The maximum absolute atomic E-state index is 11.9. The van der Waals surface area contributed by atoms with Crippen LogP contribution in [0.5, 0.6) is 0 Å². The quantitative estimate of drug-likeness (QED) is 0.544. The first kappa shape index (κ1) is 16.9. The van der Waals surface area contributed by atoms with Gasteiger partial charge in [-0.05, 0) is 12.8 Å². The smallest absolute Gasteiger partial charge is 0.140 e. The number of carbonyl (C=O) groups is 1. The molecule has 114 valence electrons. The highest BCUT2D eigenvalue weighted by Gasteiger charge is 2.09. The summed E-state index contributed by atoms with van der Waals surface area (Å²) < 4.78 is 1.85. The Hall–Kier alpha value is -1.19. The lowest BCUT2D eigenvalue weighted by molar-refractivity contribution is -0.118. The van der Waals surface area contributed by atoms with Gasteiger partial charge in [-0.2, -0.15) is 5.10 Å². The van der Waals surface area contributed by atoms with Crippen LogP contribution in [-0.4, -0.2) is 20.5 Å². The molecule has 0 aliphatic carbocycles. The third kappa shape index (κ3) is 6.83. The van der Waals surface area contributed by atoms with E-state index in [2.05, 4.69) is 23.9 Å². The molecule has 0 fully saturated rings. The second-order valence-corrected chi connectivity index (χ2v) is 5.49. The van der Waals surface area contributed by atoms with E-state index in [1.54, 1.807) is 6.33 Å². The van der Waals surface area contributed by atoms with Crippen molar-refractivity contribution in [2.45, 2.75) is 84.6 Å². The van der Waals surface area contributed by atoms with Gasteiger partial charge in [-0.1, -0.05) is 52.4 Å². The van der Waals surface area contributed by atoms with E-state index >= 15 is 0 Å². The highest BCUT2D eigenvalue weighted by atomic mass is 16.1. The highest BCUT2D eigenvalue weighted by Crippen LogP contribution is 2.09. The van der Waals surface area contributed by atoms with Crippen molar-refractivity contribution in [3.63, 3.8) is 0 Å². The topological polar surface area (TPSA) is 47.8 Å². The van der Waals surface area contributed by atoms with Gasteiger partial charge in [0, 0.05) is 13.0 Å². The van der Waals surface area contributed by atoms with Gasteiger partial charge in [0.15, 0.2) is 0 Å². The maximum Gasteiger partial charge on any atom is 0.140 e. The van der Waals surface area contributed by atoms with Gasteiger partial charge >= 0.3 is 0 Å². The van der Waals surface area contributed by atoms with Crippen LogP contribution in [0.1, 0.15) is 77.5 Å². The number of carbonyl (C=O) groups excluding carboxylic acids is 1. The summed E-state index contributed by atoms with van der Waals surface area (Å²) in [6, 6.07) is 0. The molecule has 1 heterocycles. The number of aryl methyl sites for hydroxylation is 1. The molecule has 1 aromatic rings. The monoisotopic (exact) mass is 279 g/mol. The lowest BCUT2D eigenvalue weighted by Crippen LogP contribution is -2.11. The van der Waals surface area contributed by atoms with E-state index in [1.165, 1.54) is 38.5 Å². The fourth-order valence-electron chi connectivity index (χ4n) is 2.37. The Labute approximate surface area is 123 Å². The second-order valence-electron chi connectivity index (χ2n) is 5.49. The first-order chi connectivity index (χ1) is 9.77. The summed E-state index contributed by atoms with van der Waals surface area (Å²) >= 11 is 0. The van der Waals surface area contributed by atoms with E-state index in [4.69, 9.17) is 0 Å². The molecule has 0 bridgehead atoms. The van der Waals surface area contributed by atoms with E-state index in [-0.39, 0.29) is 0 Å². The predicted molar refractivity (Wildman–Crippen MR) is 81.6 cm³/mol. The lowest BCUT2D eigenvalue weighted by atomic mass is 10.1. The van der Waals surface area contributed by atoms with Crippen molar-refractivity contribution >= 4 is 5.78 Å². The van der Waals surface area contributed by atoms with Crippen LogP contribution in [0.2, 0.25) is 0 Å². The van der Waals surface area contributed by atoms with Crippen molar-refractivity contribution < 1.29 is 4.79 Å². The standard InChI is InChI=1S/C16H29N3O/c1-3-5-6-7-8-9-10-11-15(20)13-16-17-14-18-19(16)12-4-2/h14H,3-13H2,1-2H3. The average molecular weight is 279 g/mol. The number of hydrogen-bond acceptors (Lipinski definition) is 3. The van der Waals surface area contributed by atoms with Gasteiger partial charge < -0.3 is 0 Å². The predicted octanol–water partition coefficient (Wildman–Crippen LogP) is 3.94. The van der Waals surface area contributed by atoms with Gasteiger partial charge in [-0.15, -0.1) is 0 Å². The molecule has 1 rings (SSSR count). The van der Waals surface area contributed by atoms with Gasteiger partial charge in [0.2, 0.25) is 0 Å². The SMILES string of the molecule is CCCCCCCCCC(=O)Cc1ncnn1CCC. The molecule has 0 amide bonds. The summed E-state index contributed by atoms with van der Waals surface area (Å²) in [5.74, 6) is 1.11. The maximum atomic E-state index is 11.9. The number of ketones is 1. The molecule has 0 spiro atoms. The Balaban J connectivity index is 2.12. The molecule has 1 aromatic heterocycles. The van der Waals surface area contributed by atoms with Gasteiger partial charge in [-0.25, -0.2) is 9.67 Å². The van der Waals surface area contributed by atoms with Crippen LogP contribution in [-0.2, 0) is 17.8 Å². The Kier molecular flexibility index (Phi) is 8.92. The first-order valence-corrected chi connectivity index (χ1v) is 8.16. The minimum absolute atomic E-state index is 0.295. The zero-order valence-electron chi connectivity index (χ0n) is 13.1. The molecule has 20 heavy (non-hydrogen) atoms. The van der Waals surface area contributed by atoms with Crippen LogP contribution in [0.3, 0.4) is 0 Å². The molecule has 0 N–H and O–H groups in total. The van der Waals surface area contributed by atoms with Crippen molar-refractivity contribution in [3.05, 3.63) is 12.2 Å². The number of hydrogen-bond donors (Lipinski definition) is 0. The van der Waals surface area contributed by atoms with Crippen molar-refractivity contribution in [2.24, 2.45) is 0 Å². The number of nitrogens with zero attached hydrogens (tertiary/aromatic N) is 3. The van der Waals surface area contributed by atoms with Crippen LogP contribution in [0, 0.1) is 0 Å². The second kappa shape index (κ2) is 10.6. The Bertz CT molecular complexity index is 374. The molecule has 0 aliphatic rings. The van der Waals surface area contributed by atoms with Crippen molar-refractivity contribution in [1.29, 1.82) is 0 Å². The summed E-state index contributed by atoms with van der Waals surface area (Å²) in [4.78, 5) is 16.1. The Morgan fingerprint density at radius 2 is 1.75 bits per heavy atom. The summed E-state index contributed by atoms with van der Waals surface area (Å²) in [5, 5.41) is 4.15. The summed E-state index contributed by atoms with van der Waals surface area (Å²) in [5.41, 5.74) is 0. The Morgan fingerprint density at radius 3 is 2.45 bits per heavy atom. The molecule has 0 saturated carbocycles. The van der Waals surface area contributed by atoms with Crippen molar-refractivity contribution in [3.8, 4) is 0 Å². The summed E-state index contributed by atoms with van der Waals surface area (Å²) in [7, 11) is 0. The van der Waals surface area contributed by atoms with Crippen LogP contribution in [0.25, 0.3) is 0 Å². The van der Waals surface area contributed by atoms with Gasteiger partial charge in [0.05, 0.1) is 6.42 Å². The molecule has 0 saturated heterocycles. The molecule has 0 aliphatic heterocycles. The van der Waals surface area contributed by atoms with Crippen molar-refractivity contribution in [2.75, 3.05) is 0 Å². The Morgan fingerprint density at radius 1 is 1.05 bits per heavy atom. The molecule has 0 unspecified atom stereocenters. The van der Waals surface area contributed by atoms with Crippen molar-refractivity contribution in [1.82, 2.24) is 14.8 Å². The van der Waals surface area contributed by atoms with Crippen LogP contribution in [0.15, 0.2) is 6.33 Å². The summed E-state index contributed by atoms with van der Waals surface area (Å²) in [6.45, 7) is 5.18. The third-order valence-corrected chi connectivity index (χ3v) is 3.55. The van der Waals surface area contributed by atoms with E-state index in [0.717, 1.165) is 25.2 Å². The average Bonchev–Trinajstić information content (AvgIpc) is 2.85. The normalized spacial score (nSPS) is 10.9. The number of aromatic nitrogens is 3. The number of unbranched alkanes of at least 4 members (excludes halogenated alkanes) is 6. The number of Topliss-reactive ketones (excluding diaryl/α,β-unsaturated/α-hetero) is 1. The van der Waals surface area contributed by atoms with Crippen LogP contribution >= 0.6 is 0 Å². The minimum Gasteiger partial charge on any atom is -0.299 e. The largest absolute Gasteiger partial charge is 0.299 e. The van der Waals surface area contributed by atoms with Crippen LogP contribution in [0.4, 0.5) is 0 Å². The fraction of sp³-hybridized carbons (Fsp3) is 0.812. The van der Waals surface area contributed by atoms with E-state index in [1.807, 2.05) is 4.68 Å². The molecule has 0 radical (unpaired) electrons. The van der Waals surface area contributed by atoms with E-state index < -0.39 is 0 Å². The zero-order valence-corrected chi connectivity index (χ0v) is 13.1. The van der Waals surface area contributed by atoms with Gasteiger partial charge in [0.1, 0.15) is 17.9 Å². The lowest BCUT2D eigenvalue weighted by Gasteiger charge is -2.04. The molecular formula is C16H29N3O. The highest BCUT2D eigenvalue weighted by molar-refractivity contribution is 5.80. The third-order valence-electron chi connectivity index (χ3n) is 3.55. The molecule has 4 heteroatoms. The van der Waals surface area contributed by atoms with E-state index in [0.29, 0.717) is 18.6 Å². The summed E-state index contributed by atoms with van der Waals surface area (Å²) in [6.07, 6.45) is 12.4. The fourth-order valence-corrected chi connectivity index (χ4v) is 2.37. The minimum atomic E-state index is 0.295. The van der Waals surface area contributed by atoms with Crippen LogP contribution < -0.4 is 0 Å². The van der Waals surface area contributed by atoms with E-state index in [9.17, 15) is 4.79 Å². The molecule has 4 nitrogen and oxygen atoms in total. The molecular weight excluding hydrogens is 250 g/mol. The zero-order chi connectivity index (χ0) is 14.6. The molecule has 0 atom stereocenters. The molecule has 0 aromatic carbocycles.